The van der Waals surface area contributed by atoms with Gasteiger partial charge in [-0.3, -0.25) is 9.59 Å². The number of aromatic nitrogens is 3. The third kappa shape index (κ3) is 4.58. The van der Waals surface area contributed by atoms with Crippen LogP contribution in [-0.4, -0.2) is 54.0 Å². The molecule has 154 valence electrons. The van der Waals surface area contributed by atoms with Gasteiger partial charge >= 0.3 is 17.6 Å². The van der Waals surface area contributed by atoms with Crippen molar-refractivity contribution in [2.75, 3.05) is 0 Å². The number of rotatable bonds is 7. The van der Waals surface area contributed by atoms with Crippen LogP contribution in [0.3, 0.4) is 0 Å². The van der Waals surface area contributed by atoms with Crippen LogP contribution in [-0.2, 0) is 9.59 Å². The van der Waals surface area contributed by atoms with Gasteiger partial charge < -0.3 is 20.6 Å². The van der Waals surface area contributed by atoms with Crippen molar-refractivity contribution in [3.63, 3.8) is 0 Å². The summed E-state index contributed by atoms with van der Waals surface area (Å²) in [6.07, 6.45) is -0.663. The summed E-state index contributed by atoms with van der Waals surface area (Å²) in [7, 11) is 0. The van der Waals surface area contributed by atoms with Gasteiger partial charge in [-0.15, -0.1) is 0 Å². The lowest BCUT2D eigenvalue weighted by molar-refractivity contribution is -0.140. The van der Waals surface area contributed by atoms with Crippen LogP contribution in [0.25, 0.3) is 16.7 Å². The molecule has 0 fully saturated rings. The van der Waals surface area contributed by atoms with Gasteiger partial charge in [-0.1, -0.05) is 0 Å². The molecule has 1 amide bonds. The highest BCUT2D eigenvalue weighted by Gasteiger charge is 2.21. The Morgan fingerprint density at radius 3 is 2.37 bits per heavy atom. The number of nitrogens with one attached hydrogen (secondary N) is 1. The van der Waals surface area contributed by atoms with Gasteiger partial charge in [0.1, 0.15) is 22.8 Å². The van der Waals surface area contributed by atoms with Gasteiger partial charge in [0.05, 0.1) is 5.69 Å². The Morgan fingerprint density at radius 1 is 1.03 bits per heavy atom. The van der Waals surface area contributed by atoms with Crippen molar-refractivity contribution in [3.05, 3.63) is 58.5 Å². The van der Waals surface area contributed by atoms with Crippen molar-refractivity contribution >= 4 is 28.9 Å². The first-order valence-corrected chi connectivity index (χ1v) is 8.70. The minimum absolute atomic E-state index is 0.0488. The fourth-order valence-electron chi connectivity index (χ4n) is 2.68. The van der Waals surface area contributed by atoms with Crippen molar-refractivity contribution < 1.29 is 29.7 Å². The first kappa shape index (κ1) is 20.5. The highest BCUT2D eigenvalue weighted by atomic mass is 16.4. The molecule has 11 nitrogen and oxygen atoms in total. The van der Waals surface area contributed by atoms with Gasteiger partial charge in [-0.05, 0) is 42.8 Å². The predicted molar refractivity (Wildman–Crippen MR) is 103 cm³/mol. The second-order valence-electron chi connectivity index (χ2n) is 6.32. The lowest BCUT2D eigenvalue weighted by atomic mass is 10.1. The SMILES string of the molecule is O=C(O)CC[C@H](NC(=O)c1ccc(-n2nc3ccc(O)cc3nc2=O)cc1)C(=O)O. The van der Waals surface area contributed by atoms with E-state index in [-0.39, 0.29) is 23.3 Å². The number of nitrogens with zero attached hydrogens (tertiary/aromatic N) is 3. The largest absolute Gasteiger partial charge is 0.508 e. The van der Waals surface area contributed by atoms with Gasteiger partial charge in [-0.2, -0.15) is 14.8 Å². The summed E-state index contributed by atoms with van der Waals surface area (Å²) < 4.78 is 1.02. The van der Waals surface area contributed by atoms with E-state index in [1.54, 1.807) is 0 Å². The molecule has 0 unspecified atom stereocenters. The Kier molecular flexibility index (Phi) is 5.72. The van der Waals surface area contributed by atoms with Gasteiger partial charge in [0.2, 0.25) is 0 Å². The standard InChI is InChI=1S/C19H16N4O7/c24-12-5-6-13-15(9-12)21-19(30)23(22-13)11-3-1-10(2-4-11)17(27)20-14(18(28)29)7-8-16(25)26/h1-6,9,14,24H,7-8H2,(H,20,27)(H,25,26)(H,28,29)/t14-/m0/s1. The lowest BCUT2D eigenvalue weighted by Crippen LogP contribution is -2.41. The van der Waals surface area contributed by atoms with Crippen molar-refractivity contribution in [1.82, 2.24) is 20.1 Å². The Labute approximate surface area is 168 Å². The molecule has 4 N–H and O–H groups in total. The molecule has 2 aromatic carbocycles. The third-order valence-electron chi connectivity index (χ3n) is 4.19. The number of carboxylic acid groups (broad SMARTS) is 2. The molecule has 3 rings (SSSR count). The van der Waals surface area contributed by atoms with E-state index in [0.717, 1.165) is 4.68 Å². The maximum atomic E-state index is 12.3. The molecule has 0 aliphatic heterocycles. The van der Waals surface area contributed by atoms with E-state index in [2.05, 4.69) is 15.4 Å². The Bertz CT molecular complexity index is 1190. The van der Waals surface area contributed by atoms with Crippen LogP contribution in [0.15, 0.2) is 47.3 Å². The van der Waals surface area contributed by atoms with Crippen molar-refractivity contribution in [2.45, 2.75) is 18.9 Å². The molecule has 0 spiro atoms. The zero-order valence-corrected chi connectivity index (χ0v) is 15.3. The summed E-state index contributed by atoms with van der Waals surface area (Å²) in [4.78, 5) is 50.2. The maximum absolute atomic E-state index is 12.3. The van der Waals surface area contributed by atoms with Crippen molar-refractivity contribution in [2.24, 2.45) is 0 Å². The molecule has 0 saturated carbocycles. The number of phenolic OH excluding ortho intramolecular Hbond substituents is 1. The molecular formula is C19H16N4O7. The Balaban J connectivity index is 1.81. The van der Waals surface area contributed by atoms with E-state index in [1.165, 1.54) is 42.5 Å². The van der Waals surface area contributed by atoms with Gasteiger partial charge in [0.15, 0.2) is 0 Å². The molecule has 11 heteroatoms. The number of aromatic hydroxyl groups is 1. The Hall–Kier alpha value is -4.28. The molecule has 1 heterocycles. The lowest BCUT2D eigenvalue weighted by Gasteiger charge is -2.13. The molecule has 0 radical (unpaired) electrons. The topological polar surface area (TPSA) is 172 Å². The number of benzene rings is 2. The molecule has 0 aliphatic rings. The monoisotopic (exact) mass is 412 g/mol. The predicted octanol–water partition coefficient (Wildman–Crippen LogP) is 0.534. The second kappa shape index (κ2) is 8.39. The summed E-state index contributed by atoms with van der Waals surface area (Å²) in [6.45, 7) is 0. The summed E-state index contributed by atoms with van der Waals surface area (Å²) in [5, 5.41) is 33.7. The van der Waals surface area contributed by atoms with Crippen LogP contribution in [0, 0.1) is 0 Å². The quantitative estimate of drug-likeness (QED) is 0.432. The number of fused-ring (bicyclic) bond motifs is 1. The first-order chi connectivity index (χ1) is 14.2. The van der Waals surface area contributed by atoms with Crippen LogP contribution in [0.4, 0.5) is 0 Å². The normalized spacial score (nSPS) is 11.7. The Morgan fingerprint density at radius 2 is 1.73 bits per heavy atom. The summed E-state index contributed by atoms with van der Waals surface area (Å²) >= 11 is 0. The molecular weight excluding hydrogens is 396 g/mol. The molecule has 3 aromatic rings. The van der Waals surface area contributed by atoms with Crippen molar-refractivity contribution in [3.8, 4) is 11.4 Å². The molecule has 0 bridgehead atoms. The van der Waals surface area contributed by atoms with E-state index < -0.39 is 36.0 Å². The van der Waals surface area contributed by atoms with E-state index in [4.69, 9.17) is 10.2 Å². The minimum Gasteiger partial charge on any atom is -0.508 e. The number of carbonyl (C=O) groups excluding carboxylic acids is 1. The number of amides is 1. The zero-order chi connectivity index (χ0) is 21.8. The average molecular weight is 412 g/mol. The van der Waals surface area contributed by atoms with Gasteiger partial charge in [0.25, 0.3) is 5.91 Å². The highest BCUT2D eigenvalue weighted by molar-refractivity contribution is 5.96. The number of phenols is 1. The van der Waals surface area contributed by atoms with E-state index in [0.29, 0.717) is 11.2 Å². The number of aliphatic carboxylic acids is 2. The van der Waals surface area contributed by atoms with E-state index in [1.807, 2.05) is 0 Å². The van der Waals surface area contributed by atoms with Crippen LogP contribution in [0.1, 0.15) is 23.2 Å². The fraction of sp³-hybridized carbons (Fsp3) is 0.158. The summed E-state index contributed by atoms with van der Waals surface area (Å²) in [5.41, 5.74) is 0.349. The van der Waals surface area contributed by atoms with E-state index in [9.17, 15) is 24.3 Å². The first-order valence-electron chi connectivity index (χ1n) is 8.70. The average Bonchev–Trinajstić information content (AvgIpc) is 2.70. The molecule has 1 aromatic heterocycles. The van der Waals surface area contributed by atoms with Crippen LogP contribution in [0.5, 0.6) is 5.75 Å². The van der Waals surface area contributed by atoms with Crippen LogP contribution < -0.4 is 11.0 Å². The number of carbonyl (C=O) groups is 3. The van der Waals surface area contributed by atoms with Gasteiger partial charge in [-0.25, -0.2) is 9.59 Å². The molecule has 0 aliphatic carbocycles. The van der Waals surface area contributed by atoms with Crippen LogP contribution in [0.2, 0.25) is 0 Å². The third-order valence-corrected chi connectivity index (χ3v) is 4.19. The molecule has 30 heavy (non-hydrogen) atoms. The van der Waals surface area contributed by atoms with Gasteiger partial charge in [0, 0.05) is 18.1 Å². The summed E-state index contributed by atoms with van der Waals surface area (Å²) in [5.74, 6) is -3.26. The molecule has 1 atom stereocenters. The smallest absolute Gasteiger partial charge is 0.369 e. The fourth-order valence-corrected chi connectivity index (χ4v) is 2.68. The second-order valence-corrected chi connectivity index (χ2v) is 6.32. The van der Waals surface area contributed by atoms with Crippen molar-refractivity contribution in [1.29, 1.82) is 0 Å². The number of hydrogen-bond acceptors (Lipinski definition) is 7. The zero-order valence-electron chi connectivity index (χ0n) is 15.3. The number of carboxylic acids is 2. The number of hydrogen-bond donors (Lipinski definition) is 4. The minimum atomic E-state index is -1.35. The van der Waals surface area contributed by atoms with E-state index >= 15 is 0 Å². The maximum Gasteiger partial charge on any atom is 0.369 e. The summed E-state index contributed by atoms with van der Waals surface area (Å²) in [6, 6.07) is 8.48. The van der Waals surface area contributed by atoms with Crippen LogP contribution >= 0.6 is 0 Å². The highest BCUT2D eigenvalue weighted by Crippen LogP contribution is 2.15. The molecule has 0 saturated heterocycles.